The summed E-state index contributed by atoms with van der Waals surface area (Å²) in [7, 11) is 0. The number of rotatable bonds is 11. The largest absolute Gasteiger partial charge is 0.394 e. The maximum atomic E-state index is 13.0. The van der Waals surface area contributed by atoms with Gasteiger partial charge in [-0.2, -0.15) is 0 Å². The van der Waals surface area contributed by atoms with E-state index in [1.807, 2.05) is 0 Å². The van der Waals surface area contributed by atoms with Crippen molar-refractivity contribution in [1.29, 1.82) is 0 Å². The number of nitrogens with two attached hydrogens (primary N) is 6. The third kappa shape index (κ3) is 7.90. The second-order valence-corrected chi connectivity index (χ2v) is 13.8. The highest BCUT2D eigenvalue weighted by Gasteiger charge is 2.55. The molecule has 18 atom stereocenters. The molecule has 5 aliphatic rings. The molecule has 0 spiro atoms. The van der Waals surface area contributed by atoms with Crippen LogP contribution in [0.5, 0.6) is 0 Å². The van der Waals surface area contributed by atoms with Crippen LogP contribution in [0.2, 0.25) is 0 Å². The van der Waals surface area contributed by atoms with Gasteiger partial charge in [0.05, 0.1) is 36.9 Å². The molecule has 0 aromatic rings. The van der Waals surface area contributed by atoms with E-state index in [1.165, 1.54) is 0 Å². The molecule has 3 heterocycles. The van der Waals surface area contributed by atoms with E-state index in [4.69, 9.17) is 62.8 Å². The fraction of sp³-hybridized carbons (Fsp3) is 0.964. The van der Waals surface area contributed by atoms with Crippen molar-refractivity contribution in [3.8, 4) is 0 Å². The number of hydrogen-bond donors (Lipinski definition) is 14. The molecule has 5 fully saturated rings. The van der Waals surface area contributed by atoms with E-state index < -0.39 is 128 Å². The second-order valence-electron chi connectivity index (χ2n) is 13.8. The first kappa shape index (κ1) is 38.9. The Hall–Kier alpha value is -1.29. The van der Waals surface area contributed by atoms with Gasteiger partial charge in [-0.25, -0.2) is 0 Å². The fourth-order valence-corrected chi connectivity index (χ4v) is 7.10. The summed E-state index contributed by atoms with van der Waals surface area (Å²) >= 11 is 0. The molecule has 284 valence electrons. The molecule has 3 saturated heterocycles. The van der Waals surface area contributed by atoms with Crippen LogP contribution in [0.15, 0.2) is 0 Å². The third-order valence-electron chi connectivity index (χ3n) is 10.1. The highest BCUT2D eigenvalue weighted by atomic mass is 16.8. The predicted molar refractivity (Wildman–Crippen MR) is 163 cm³/mol. The number of carbonyl (C=O) groups is 1. The number of nitrogens with one attached hydrogen (secondary N) is 1. The lowest BCUT2D eigenvalue weighted by Gasteiger charge is -2.48. The Bertz CT molecular complexity index is 1110. The molecule has 0 radical (unpaired) electrons. The van der Waals surface area contributed by atoms with Gasteiger partial charge in [-0.15, -0.1) is 0 Å². The highest BCUT2D eigenvalue weighted by Crippen LogP contribution is 2.36. The van der Waals surface area contributed by atoms with Crippen LogP contribution in [0.4, 0.5) is 0 Å². The van der Waals surface area contributed by atoms with E-state index in [2.05, 4.69) is 5.32 Å². The minimum Gasteiger partial charge on any atom is -0.394 e. The van der Waals surface area contributed by atoms with Crippen LogP contribution < -0.4 is 39.7 Å². The summed E-state index contributed by atoms with van der Waals surface area (Å²) in [6.45, 7) is -0.833. The van der Waals surface area contributed by atoms with Crippen LogP contribution >= 0.6 is 0 Å². The summed E-state index contributed by atoms with van der Waals surface area (Å²) in [5.41, 5.74) is 34.2. The number of aliphatic hydroxyl groups excluding tert-OH is 6. The molecule has 21 nitrogen and oxygen atoms in total. The molecule has 2 aliphatic carbocycles. The van der Waals surface area contributed by atoms with Crippen molar-refractivity contribution in [3.63, 3.8) is 0 Å². The van der Waals surface area contributed by atoms with Gasteiger partial charge in [-0.05, 0) is 6.42 Å². The molecule has 21 heteroatoms. The van der Waals surface area contributed by atoms with Crippen molar-refractivity contribution in [2.24, 2.45) is 34.4 Å². The Labute approximate surface area is 282 Å². The van der Waals surface area contributed by atoms with Crippen molar-refractivity contribution in [1.82, 2.24) is 5.32 Å². The highest BCUT2D eigenvalue weighted by molar-refractivity contribution is 5.86. The summed E-state index contributed by atoms with van der Waals surface area (Å²) in [5, 5.41) is 77.5. The number of amides is 1. The Kier molecular flexibility index (Phi) is 12.5. The van der Waals surface area contributed by atoms with Crippen molar-refractivity contribution < 1.29 is 69.0 Å². The molecular weight excluding hydrogens is 658 g/mol. The lowest BCUT2D eigenvalue weighted by Crippen LogP contribution is -2.69. The van der Waals surface area contributed by atoms with Gasteiger partial charge in [0.1, 0.15) is 60.5 Å². The molecule has 1 amide bonds. The second kappa shape index (κ2) is 15.8. The molecule has 3 aliphatic heterocycles. The molecule has 20 N–H and O–H groups in total. The van der Waals surface area contributed by atoms with Crippen molar-refractivity contribution in [3.05, 3.63) is 0 Å². The SMILES string of the molecule is NCC1CC(O)C(N)C(OC2C(N)CC(NC(=O)C3(O)CC(N)C3)C(O)C2OC2OC(CO)C(OC3OC(CN)C(O)C(O)C3N)C2O)O1. The van der Waals surface area contributed by atoms with E-state index in [9.17, 15) is 40.5 Å². The first-order valence-electron chi connectivity index (χ1n) is 16.5. The average molecular weight is 712 g/mol. The first-order valence-corrected chi connectivity index (χ1v) is 16.5. The van der Waals surface area contributed by atoms with E-state index in [0.29, 0.717) is 0 Å². The van der Waals surface area contributed by atoms with Crippen molar-refractivity contribution >= 4 is 5.91 Å². The van der Waals surface area contributed by atoms with Crippen LogP contribution in [-0.2, 0) is 33.2 Å². The van der Waals surface area contributed by atoms with Crippen LogP contribution in [0.1, 0.15) is 25.7 Å². The van der Waals surface area contributed by atoms with Gasteiger partial charge in [0, 0.05) is 44.4 Å². The topological polar surface area (TPSA) is 382 Å². The first-order chi connectivity index (χ1) is 23.1. The summed E-state index contributed by atoms with van der Waals surface area (Å²) < 4.78 is 35.4. The van der Waals surface area contributed by atoms with Crippen LogP contribution in [-0.4, -0.2) is 183 Å². The van der Waals surface area contributed by atoms with Gasteiger partial charge in [-0.3, -0.25) is 4.79 Å². The summed E-state index contributed by atoms with van der Waals surface area (Å²) in [6.07, 6.45) is -18.4. The normalized spacial score (nSPS) is 52.1. The quantitative estimate of drug-likeness (QED) is 0.0945. The summed E-state index contributed by atoms with van der Waals surface area (Å²) in [6, 6.07) is -4.77. The Morgan fingerprint density at radius 1 is 0.735 bits per heavy atom. The van der Waals surface area contributed by atoms with Crippen LogP contribution in [0, 0.1) is 0 Å². The summed E-state index contributed by atoms with van der Waals surface area (Å²) in [4.78, 5) is 13.0. The zero-order valence-corrected chi connectivity index (χ0v) is 26.9. The van der Waals surface area contributed by atoms with Gasteiger partial charge in [0.2, 0.25) is 0 Å². The summed E-state index contributed by atoms with van der Waals surface area (Å²) in [5.74, 6) is -0.770. The standard InChI is InChI=1S/C28H53N7O14/c29-5-9-1-12(37)15(33)24(44-9)47-21-10(32)2-11(35-27(42)28(43)3-8(31)4-28)17(38)23(21)49-26-20(41)22(14(7-36)46-26)48-25-16(34)19(40)18(39)13(6-30)45-25/h8-26,36-41,43H,1-7,29-34H2,(H,35,42). The van der Waals surface area contributed by atoms with E-state index in [1.54, 1.807) is 0 Å². The molecule has 0 bridgehead atoms. The number of ether oxygens (including phenoxy) is 6. The smallest absolute Gasteiger partial charge is 0.252 e. The zero-order chi connectivity index (χ0) is 35.9. The van der Waals surface area contributed by atoms with Crippen LogP contribution in [0.3, 0.4) is 0 Å². The molecule has 18 unspecified atom stereocenters. The Morgan fingerprint density at radius 2 is 1.35 bits per heavy atom. The zero-order valence-electron chi connectivity index (χ0n) is 26.9. The lowest BCUT2D eigenvalue weighted by atomic mass is 9.75. The number of aliphatic hydroxyl groups is 7. The maximum absolute atomic E-state index is 13.0. The average Bonchev–Trinajstić information content (AvgIpc) is 3.35. The molecule has 0 aromatic carbocycles. The van der Waals surface area contributed by atoms with Gasteiger partial charge in [0.15, 0.2) is 18.9 Å². The predicted octanol–water partition coefficient (Wildman–Crippen LogP) is -8.86. The molecule has 0 aromatic heterocycles. The van der Waals surface area contributed by atoms with Crippen molar-refractivity contribution in [2.75, 3.05) is 19.7 Å². The van der Waals surface area contributed by atoms with E-state index in [-0.39, 0.29) is 44.8 Å². The molecule has 5 rings (SSSR count). The monoisotopic (exact) mass is 711 g/mol. The van der Waals surface area contributed by atoms with Gasteiger partial charge in [-0.1, -0.05) is 0 Å². The van der Waals surface area contributed by atoms with Crippen LogP contribution in [0.25, 0.3) is 0 Å². The Balaban J connectivity index is 1.36. The number of carbonyl (C=O) groups excluding carboxylic acids is 1. The number of hydrogen-bond acceptors (Lipinski definition) is 20. The minimum absolute atomic E-state index is 0.0172. The van der Waals surface area contributed by atoms with Gasteiger partial charge < -0.3 is 104 Å². The van der Waals surface area contributed by atoms with E-state index >= 15 is 0 Å². The Morgan fingerprint density at radius 3 is 1.96 bits per heavy atom. The third-order valence-corrected chi connectivity index (χ3v) is 10.1. The van der Waals surface area contributed by atoms with E-state index in [0.717, 1.165) is 0 Å². The fourth-order valence-electron chi connectivity index (χ4n) is 7.10. The lowest BCUT2D eigenvalue weighted by molar-refractivity contribution is -0.295. The molecule has 49 heavy (non-hydrogen) atoms. The molecular formula is C28H53N7O14. The molecule has 2 saturated carbocycles. The minimum atomic E-state index is -1.73. The maximum Gasteiger partial charge on any atom is 0.252 e. The van der Waals surface area contributed by atoms with Gasteiger partial charge >= 0.3 is 0 Å². The van der Waals surface area contributed by atoms with Crippen molar-refractivity contribution in [2.45, 2.75) is 148 Å². The van der Waals surface area contributed by atoms with Gasteiger partial charge in [0.25, 0.3) is 5.91 Å².